The van der Waals surface area contributed by atoms with Crippen LogP contribution in [0.3, 0.4) is 0 Å². The maximum Gasteiger partial charge on any atom is 0.340 e. The Kier molecular flexibility index (Phi) is 6.62. The monoisotopic (exact) mass is 397 g/mol. The summed E-state index contributed by atoms with van der Waals surface area (Å²) in [5, 5.41) is 0. The van der Waals surface area contributed by atoms with E-state index in [0.29, 0.717) is 25.0 Å². The summed E-state index contributed by atoms with van der Waals surface area (Å²) in [6.45, 7) is 9.22. The molecule has 6 nitrogen and oxygen atoms in total. The topological polar surface area (TPSA) is 54.8 Å². The lowest BCUT2D eigenvalue weighted by atomic mass is 10.1. The minimum atomic E-state index is -0.285. The number of hydrogen-bond acceptors (Lipinski definition) is 4. The minimum absolute atomic E-state index is 0.175. The van der Waals surface area contributed by atoms with Gasteiger partial charge in [0, 0.05) is 56.7 Å². The van der Waals surface area contributed by atoms with E-state index in [1.54, 1.807) is 0 Å². The molecule has 1 aromatic heterocycles. The highest BCUT2D eigenvalue weighted by molar-refractivity contribution is 5.93. The third kappa shape index (κ3) is 4.47. The molecule has 1 amide bonds. The molecule has 0 aliphatic carbocycles. The summed E-state index contributed by atoms with van der Waals surface area (Å²) in [4.78, 5) is 29.3. The fourth-order valence-electron chi connectivity index (χ4n) is 4.13. The zero-order valence-electron chi connectivity index (χ0n) is 17.9. The smallest absolute Gasteiger partial charge is 0.340 e. The van der Waals surface area contributed by atoms with Gasteiger partial charge >= 0.3 is 5.97 Å². The van der Waals surface area contributed by atoms with Crippen LogP contribution in [0.2, 0.25) is 0 Å². The molecule has 29 heavy (non-hydrogen) atoms. The number of carbonyl (C=O) groups is 2. The van der Waals surface area contributed by atoms with Crippen molar-refractivity contribution in [3.8, 4) is 0 Å². The maximum absolute atomic E-state index is 12.8. The Balaban J connectivity index is 1.59. The van der Waals surface area contributed by atoms with Gasteiger partial charge in [0.05, 0.1) is 12.2 Å². The Morgan fingerprint density at radius 2 is 1.69 bits per heavy atom. The Labute approximate surface area is 173 Å². The third-order valence-electron chi connectivity index (χ3n) is 5.89. The van der Waals surface area contributed by atoms with E-state index >= 15 is 0 Å². The van der Waals surface area contributed by atoms with Crippen molar-refractivity contribution in [1.82, 2.24) is 9.47 Å². The summed E-state index contributed by atoms with van der Waals surface area (Å²) in [5.41, 5.74) is 4.68. The number of carbonyl (C=O) groups excluding carboxylic acids is 2. The molecule has 0 bridgehead atoms. The van der Waals surface area contributed by atoms with Crippen LogP contribution < -0.4 is 4.90 Å². The van der Waals surface area contributed by atoms with Crippen molar-refractivity contribution < 1.29 is 14.3 Å². The number of rotatable bonds is 6. The lowest BCUT2D eigenvalue weighted by Gasteiger charge is -2.36. The summed E-state index contributed by atoms with van der Waals surface area (Å²) in [6, 6.07) is 10.3. The average Bonchev–Trinajstić information content (AvgIpc) is 2.95. The van der Waals surface area contributed by atoms with Crippen molar-refractivity contribution in [2.24, 2.45) is 7.05 Å². The van der Waals surface area contributed by atoms with E-state index in [4.69, 9.17) is 4.74 Å². The number of amides is 1. The van der Waals surface area contributed by atoms with Gasteiger partial charge in [-0.2, -0.15) is 0 Å². The second-order valence-electron chi connectivity index (χ2n) is 7.51. The van der Waals surface area contributed by atoms with Gasteiger partial charge in [-0.3, -0.25) is 4.79 Å². The van der Waals surface area contributed by atoms with Crippen LogP contribution >= 0.6 is 0 Å². The summed E-state index contributed by atoms with van der Waals surface area (Å²) in [7, 11) is 1.95. The highest BCUT2D eigenvalue weighted by Gasteiger charge is 2.24. The molecular weight excluding hydrogens is 366 g/mol. The molecule has 2 aromatic rings. The largest absolute Gasteiger partial charge is 0.462 e. The quantitative estimate of drug-likeness (QED) is 0.703. The van der Waals surface area contributed by atoms with Gasteiger partial charge in [0.1, 0.15) is 0 Å². The molecule has 1 aliphatic rings. The van der Waals surface area contributed by atoms with Crippen molar-refractivity contribution in [2.75, 3.05) is 37.7 Å². The molecule has 0 saturated carbocycles. The molecule has 3 rings (SSSR count). The molecule has 1 aromatic carbocycles. The van der Waals surface area contributed by atoms with E-state index in [1.165, 1.54) is 5.69 Å². The first-order valence-electron chi connectivity index (χ1n) is 10.3. The predicted molar refractivity (Wildman–Crippen MR) is 114 cm³/mol. The number of hydrogen-bond donors (Lipinski definition) is 0. The number of piperazine rings is 1. The van der Waals surface area contributed by atoms with Gasteiger partial charge in [-0.15, -0.1) is 0 Å². The van der Waals surface area contributed by atoms with E-state index in [0.717, 1.165) is 43.1 Å². The average molecular weight is 398 g/mol. The van der Waals surface area contributed by atoms with Gasteiger partial charge in [-0.05, 0) is 44.9 Å². The number of ether oxygens (including phenoxy) is 1. The molecule has 0 atom stereocenters. The standard InChI is InChI=1S/C23H31N3O3/c1-5-29-23(28)22-17(2)20(24(4)18(22)3)11-12-21(27)26-15-13-25(14-16-26)19-9-7-6-8-10-19/h6-10H,5,11-16H2,1-4H3. The summed E-state index contributed by atoms with van der Waals surface area (Å²) >= 11 is 0. The summed E-state index contributed by atoms with van der Waals surface area (Å²) in [6.07, 6.45) is 1.08. The van der Waals surface area contributed by atoms with Gasteiger partial charge in [0.15, 0.2) is 0 Å². The molecule has 0 radical (unpaired) electrons. The molecule has 156 valence electrons. The van der Waals surface area contributed by atoms with E-state index in [-0.39, 0.29) is 11.9 Å². The molecule has 1 fully saturated rings. The number of nitrogens with zero attached hydrogens (tertiary/aromatic N) is 3. The molecule has 6 heteroatoms. The minimum Gasteiger partial charge on any atom is -0.462 e. The maximum atomic E-state index is 12.8. The SMILES string of the molecule is CCOC(=O)c1c(C)c(CCC(=O)N2CCN(c3ccccc3)CC2)n(C)c1C. The zero-order chi connectivity index (χ0) is 21.0. The van der Waals surface area contributed by atoms with Gasteiger partial charge in [-0.1, -0.05) is 18.2 Å². The van der Waals surface area contributed by atoms with E-state index < -0.39 is 0 Å². The highest BCUT2D eigenvalue weighted by atomic mass is 16.5. The third-order valence-corrected chi connectivity index (χ3v) is 5.89. The van der Waals surface area contributed by atoms with E-state index in [9.17, 15) is 9.59 Å². The molecule has 0 spiro atoms. The first-order valence-corrected chi connectivity index (χ1v) is 10.3. The number of benzene rings is 1. The molecule has 0 unspecified atom stereocenters. The summed E-state index contributed by atoms with van der Waals surface area (Å²) in [5.74, 6) is -0.110. The predicted octanol–water partition coefficient (Wildman–Crippen LogP) is 3.10. The Morgan fingerprint density at radius 1 is 1.03 bits per heavy atom. The molecule has 1 aliphatic heterocycles. The Bertz CT molecular complexity index is 865. The molecule has 2 heterocycles. The number of para-hydroxylation sites is 1. The van der Waals surface area contributed by atoms with E-state index in [2.05, 4.69) is 17.0 Å². The number of esters is 1. The van der Waals surface area contributed by atoms with Crippen LogP contribution in [0.15, 0.2) is 30.3 Å². The van der Waals surface area contributed by atoms with Crippen LogP contribution in [0.4, 0.5) is 5.69 Å². The van der Waals surface area contributed by atoms with Crippen LogP contribution in [-0.2, 0) is 23.0 Å². The lowest BCUT2D eigenvalue weighted by Crippen LogP contribution is -2.48. The highest BCUT2D eigenvalue weighted by Crippen LogP contribution is 2.24. The molecule has 0 N–H and O–H groups in total. The lowest BCUT2D eigenvalue weighted by molar-refractivity contribution is -0.131. The first kappa shape index (κ1) is 21.0. The van der Waals surface area contributed by atoms with Crippen LogP contribution in [0.25, 0.3) is 0 Å². The van der Waals surface area contributed by atoms with Crippen LogP contribution in [-0.4, -0.2) is 54.1 Å². The van der Waals surface area contributed by atoms with Gasteiger partial charge in [-0.25, -0.2) is 4.79 Å². The zero-order valence-corrected chi connectivity index (χ0v) is 17.9. The van der Waals surface area contributed by atoms with Crippen LogP contribution in [0, 0.1) is 13.8 Å². The van der Waals surface area contributed by atoms with E-state index in [1.807, 2.05) is 55.5 Å². The molecule has 1 saturated heterocycles. The van der Waals surface area contributed by atoms with Crippen molar-refractivity contribution in [3.63, 3.8) is 0 Å². The summed E-state index contributed by atoms with van der Waals surface area (Å²) < 4.78 is 7.21. The van der Waals surface area contributed by atoms with Crippen LogP contribution in [0.5, 0.6) is 0 Å². The fraction of sp³-hybridized carbons (Fsp3) is 0.478. The van der Waals surface area contributed by atoms with Gasteiger partial charge < -0.3 is 19.1 Å². The number of anilines is 1. The second-order valence-corrected chi connectivity index (χ2v) is 7.51. The number of aromatic nitrogens is 1. The Hall–Kier alpha value is -2.76. The molecular formula is C23H31N3O3. The normalized spacial score (nSPS) is 14.2. The second kappa shape index (κ2) is 9.16. The van der Waals surface area contributed by atoms with Gasteiger partial charge in [0.2, 0.25) is 5.91 Å². The van der Waals surface area contributed by atoms with Crippen molar-refractivity contribution in [1.29, 1.82) is 0 Å². The Morgan fingerprint density at radius 3 is 2.31 bits per heavy atom. The van der Waals surface area contributed by atoms with Crippen molar-refractivity contribution in [2.45, 2.75) is 33.6 Å². The first-order chi connectivity index (χ1) is 13.9. The fourth-order valence-corrected chi connectivity index (χ4v) is 4.13. The van der Waals surface area contributed by atoms with Gasteiger partial charge in [0.25, 0.3) is 0 Å². The van der Waals surface area contributed by atoms with Crippen molar-refractivity contribution >= 4 is 17.6 Å². The van der Waals surface area contributed by atoms with Crippen molar-refractivity contribution in [3.05, 3.63) is 52.8 Å². The van der Waals surface area contributed by atoms with Crippen LogP contribution in [0.1, 0.15) is 40.7 Å².